The van der Waals surface area contributed by atoms with E-state index in [9.17, 15) is 0 Å². The van der Waals surface area contributed by atoms with E-state index >= 15 is 0 Å². The highest BCUT2D eigenvalue weighted by Crippen LogP contribution is 2.21. The van der Waals surface area contributed by atoms with Crippen molar-refractivity contribution in [2.45, 2.75) is 25.8 Å². The molecular formula is C15H20ClN3. The Balaban J connectivity index is 2.04. The van der Waals surface area contributed by atoms with Crippen molar-refractivity contribution in [3.63, 3.8) is 0 Å². The highest BCUT2D eigenvalue weighted by molar-refractivity contribution is 6.30. The molecule has 0 aliphatic rings. The maximum atomic E-state index is 5.94. The Morgan fingerprint density at radius 1 is 1.26 bits per heavy atom. The first-order valence-corrected chi connectivity index (χ1v) is 7.04. The minimum absolute atomic E-state index is 0.358. The molecule has 0 saturated carbocycles. The van der Waals surface area contributed by atoms with Crippen LogP contribution in [-0.2, 0) is 13.5 Å². The summed E-state index contributed by atoms with van der Waals surface area (Å²) in [5.41, 5.74) is 2.55. The summed E-state index contributed by atoms with van der Waals surface area (Å²) in [7, 11) is 1.99. The van der Waals surface area contributed by atoms with Crippen molar-refractivity contribution in [3.8, 4) is 0 Å². The van der Waals surface area contributed by atoms with Gasteiger partial charge in [-0.2, -0.15) is 5.10 Å². The zero-order valence-electron chi connectivity index (χ0n) is 11.4. The molecule has 0 aliphatic carbocycles. The van der Waals surface area contributed by atoms with Crippen molar-refractivity contribution >= 4 is 11.6 Å². The third-order valence-corrected chi connectivity index (χ3v) is 3.59. The molecule has 1 atom stereocenters. The van der Waals surface area contributed by atoms with Crippen LogP contribution in [0, 0.1) is 0 Å². The zero-order chi connectivity index (χ0) is 13.7. The monoisotopic (exact) mass is 277 g/mol. The molecule has 4 heteroatoms. The first kappa shape index (κ1) is 14.1. The summed E-state index contributed by atoms with van der Waals surface area (Å²) >= 11 is 5.94. The molecule has 1 heterocycles. The lowest BCUT2D eigenvalue weighted by atomic mass is 10.0. The molecule has 0 fully saturated rings. The molecule has 0 spiro atoms. The van der Waals surface area contributed by atoms with Crippen molar-refractivity contribution in [1.29, 1.82) is 0 Å². The first-order valence-electron chi connectivity index (χ1n) is 6.66. The highest BCUT2D eigenvalue weighted by atomic mass is 35.5. The number of hydrogen-bond donors (Lipinski definition) is 1. The van der Waals surface area contributed by atoms with Crippen LogP contribution in [0.1, 0.15) is 30.6 Å². The molecule has 1 unspecified atom stereocenters. The predicted octanol–water partition coefficient (Wildman–Crippen LogP) is 3.36. The average Bonchev–Trinajstić information content (AvgIpc) is 2.81. The lowest BCUT2D eigenvalue weighted by Crippen LogP contribution is -2.21. The van der Waals surface area contributed by atoms with E-state index in [2.05, 4.69) is 35.5 Å². The standard InChI is InChI=1S/C15H20ClN3/c1-3-17-15(12-4-6-13(16)7-5-12)9-8-14-10-11-18-19(14)2/h4-7,10-11,15,17H,3,8-9H2,1-2H3. The second-order valence-corrected chi connectivity index (χ2v) is 5.08. The maximum absolute atomic E-state index is 5.94. The van der Waals surface area contributed by atoms with Gasteiger partial charge in [-0.15, -0.1) is 0 Å². The quantitative estimate of drug-likeness (QED) is 0.877. The third kappa shape index (κ3) is 3.82. The number of halogens is 1. The second kappa shape index (κ2) is 6.73. The van der Waals surface area contributed by atoms with Gasteiger partial charge in [-0.25, -0.2) is 0 Å². The topological polar surface area (TPSA) is 29.9 Å². The van der Waals surface area contributed by atoms with Crippen molar-refractivity contribution in [2.24, 2.45) is 7.05 Å². The predicted molar refractivity (Wildman–Crippen MR) is 79.4 cm³/mol. The van der Waals surface area contributed by atoms with Crippen LogP contribution in [0.5, 0.6) is 0 Å². The molecule has 0 aliphatic heterocycles. The molecule has 2 aromatic rings. The number of benzene rings is 1. The average molecular weight is 278 g/mol. The van der Waals surface area contributed by atoms with Gasteiger partial charge in [0.05, 0.1) is 0 Å². The van der Waals surface area contributed by atoms with E-state index < -0.39 is 0 Å². The Morgan fingerprint density at radius 2 is 2.00 bits per heavy atom. The van der Waals surface area contributed by atoms with Crippen molar-refractivity contribution < 1.29 is 0 Å². The van der Waals surface area contributed by atoms with E-state index in [-0.39, 0.29) is 0 Å². The second-order valence-electron chi connectivity index (χ2n) is 4.65. The van der Waals surface area contributed by atoms with E-state index in [1.807, 2.05) is 30.1 Å². The van der Waals surface area contributed by atoms with Crippen LogP contribution in [0.4, 0.5) is 0 Å². The molecule has 1 aromatic heterocycles. The van der Waals surface area contributed by atoms with Crippen LogP contribution in [-0.4, -0.2) is 16.3 Å². The van der Waals surface area contributed by atoms with Gasteiger partial charge in [0.15, 0.2) is 0 Å². The lowest BCUT2D eigenvalue weighted by Gasteiger charge is -2.18. The van der Waals surface area contributed by atoms with Crippen LogP contribution in [0.3, 0.4) is 0 Å². The Kier molecular flexibility index (Phi) is 5.00. The fourth-order valence-corrected chi connectivity index (χ4v) is 2.39. The molecule has 0 radical (unpaired) electrons. The molecule has 0 saturated heterocycles. The van der Waals surface area contributed by atoms with Crippen LogP contribution in [0.25, 0.3) is 0 Å². The minimum atomic E-state index is 0.358. The van der Waals surface area contributed by atoms with E-state index in [1.165, 1.54) is 11.3 Å². The van der Waals surface area contributed by atoms with Crippen LogP contribution in [0.2, 0.25) is 5.02 Å². The van der Waals surface area contributed by atoms with Gasteiger partial charge in [0.1, 0.15) is 0 Å². The number of nitrogens with one attached hydrogen (secondary N) is 1. The van der Waals surface area contributed by atoms with Crippen molar-refractivity contribution in [3.05, 3.63) is 52.8 Å². The summed E-state index contributed by atoms with van der Waals surface area (Å²) in [6.45, 7) is 3.09. The van der Waals surface area contributed by atoms with E-state index in [0.29, 0.717) is 6.04 Å². The molecule has 19 heavy (non-hydrogen) atoms. The zero-order valence-corrected chi connectivity index (χ0v) is 12.2. The van der Waals surface area contributed by atoms with Crippen LogP contribution < -0.4 is 5.32 Å². The fourth-order valence-electron chi connectivity index (χ4n) is 2.27. The summed E-state index contributed by atoms with van der Waals surface area (Å²) in [6.07, 6.45) is 3.91. The number of rotatable bonds is 6. The summed E-state index contributed by atoms with van der Waals surface area (Å²) in [5.74, 6) is 0. The molecule has 0 amide bonds. The molecule has 102 valence electrons. The van der Waals surface area contributed by atoms with Gasteiger partial charge in [-0.1, -0.05) is 30.7 Å². The summed E-state index contributed by atoms with van der Waals surface area (Å²) in [6, 6.07) is 10.5. The van der Waals surface area contributed by atoms with E-state index in [0.717, 1.165) is 24.4 Å². The van der Waals surface area contributed by atoms with Gasteiger partial charge < -0.3 is 5.32 Å². The summed E-state index contributed by atoms with van der Waals surface area (Å²) in [5, 5.41) is 8.51. The Morgan fingerprint density at radius 3 is 2.58 bits per heavy atom. The van der Waals surface area contributed by atoms with Gasteiger partial charge >= 0.3 is 0 Å². The lowest BCUT2D eigenvalue weighted by molar-refractivity contribution is 0.506. The van der Waals surface area contributed by atoms with Gasteiger partial charge in [0, 0.05) is 30.0 Å². The maximum Gasteiger partial charge on any atom is 0.0492 e. The van der Waals surface area contributed by atoms with Gasteiger partial charge in [0.2, 0.25) is 0 Å². The molecule has 0 bridgehead atoms. The van der Waals surface area contributed by atoms with Gasteiger partial charge in [-0.05, 0) is 43.1 Å². The Hall–Kier alpha value is -1.32. The summed E-state index contributed by atoms with van der Waals surface area (Å²) < 4.78 is 1.94. The van der Waals surface area contributed by atoms with Gasteiger partial charge in [-0.3, -0.25) is 4.68 Å². The van der Waals surface area contributed by atoms with Crippen LogP contribution in [0.15, 0.2) is 36.5 Å². The summed E-state index contributed by atoms with van der Waals surface area (Å²) in [4.78, 5) is 0. The molecular weight excluding hydrogens is 258 g/mol. The molecule has 1 aromatic carbocycles. The smallest absolute Gasteiger partial charge is 0.0492 e. The van der Waals surface area contributed by atoms with Crippen molar-refractivity contribution in [1.82, 2.24) is 15.1 Å². The molecule has 3 nitrogen and oxygen atoms in total. The fraction of sp³-hybridized carbons (Fsp3) is 0.400. The SMILES string of the molecule is CCNC(CCc1ccnn1C)c1ccc(Cl)cc1. The molecule has 2 rings (SSSR count). The minimum Gasteiger partial charge on any atom is -0.310 e. The Bertz CT molecular complexity index is 504. The van der Waals surface area contributed by atoms with Crippen molar-refractivity contribution in [2.75, 3.05) is 6.54 Å². The number of hydrogen-bond acceptors (Lipinski definition) is 2. The molecule has 1 N–H and O–H groups in total. The third-order valence-electron chi connectivity index (χ3n) is 3.33. The van der Waals surface area contributed by atoms with E-state index in [4.69, 9.17) is 11.6 Å². The largest absolute Gasteiger partial charge is 0.310 e. The number of aryl methyl sites for hydroxylation is 2. The first-order chi connectivity index (χ1) is 9.20. The number of nitrogens with zero attached hydrogens (tertiary/aromatic N) is 2. The number of aromatic nitrogens is 2. The van der Waals surface area contributed by atoms with E-state index in [1.54, 1.807) is 0 Å². The van der Waals surface area contributed by atoms with Gasteiger partial charge in [0.25, 0.3) is 0 Å². The van der Waals surface area contributed by atoms with Crippen LogP contribution >= 0.6 is 11.6 Å². The highest BCUT2D eigenvalue weighted by Gasteiger charge is 2.11. The normalized spacial score (nSPS) is 12.6. The Labute approximate surface area is 119 Å².